The molecule has 0 saturated carbocycles. The van der Waals surface area contributed by atoms with Crippen LogP contribution in [-0.4, -0.2) is 34.4 Å². The first kappa shape index (κ1) is 13.9. The first-order valence-electron chi connectivity index (χ1n) is 6.16. The third kappa shape index (κ3) is 3.25. The standard InChI is InChI=1S/C13H17N5O2/c1-18-8-16-12(17-18)5-6-15-11-7-9(13(19)20-2)3-4-10(11)14/h3-4,7-8,15H,5-6,14H2,1-2H3. The van der Waals surface area contributed by atoms with E-state index in [0.717, 1.165) is 5.82 Å². The average Bonchev–Trinajstić information content (AvgIpc) is 2.85. The van der Waals surface area contributed by atoms with Gasteiger partial charge in [-0.25, -0.2) is 9.78 Å². The Morgan fingerprint density at radius 3 is 2.95 bits per heavy atom. The van der Waals surface area contributed by atoms with Gasteiger partial charge in [-0.15, -0.1) is 0 Å². The number of rotatable bonds is 5. The van der Waals surface area contributed by atoms with Gasteiger partial charge in [-0.05, 0) is 18.2 Å². The van der Waals surface area contributed by atoms with Gasteiger partial charge in [0.1, 0.15) is 6.33 Å². The largest absolute Gasteiger partial charge is 0.465 e. The molecule has 106 valence electrons. The van der Waals surface area contributed by atoms with Crippen LogP contribution in [0.1, 0.15) is 16.2 Å². The molecule has 7 nitrogen and oxygen atoms in total. The third-order valence-electron chi connectivity index (χ3n) is 2.79. The highest BCUT2D eigenvalue weighted by Gasteiger charge is 2.08. The fourth-order valence-electron chi connectivity index (χ4n) is 1.76. The van der Waals surface area contributed by atoms with Crippen LogP contribution in [0.5, 0.6) is 0 Å². The lowest BCUT2D eigenvalue weighted by Gasteiger charge is -2.09. The van der Waals surface area contributed by atoms with E-state index in [1.54, 1.807) is 29.2 Å². The molecule has 0 radical (unpaired) electrons. The first-order valence-corrected chi connectivity index (χ1v) is 6.16. The number of nitrogens with one attached hydrogen (secondary N) is 1. The number of carbonyl (C=O) groups is 1. The maximum absolute atomic E-state index is 11.5. The van der Waals surface area contributed by atoms with Gasteiger partial charge in [0.15, 0.2) is 5.82 Å². The quantitative estimate of drug-likeness (QED) is 0.620. The van der Waals surface area contributed by atoms with Crippen molar-refractivity contribution in [1.29, 1.82) is 0 Å². The van der Waals surface area contributed by atoms with Gasteiger partial charge in [-0.3, -0.25) is 4.68 Å². The maximum atomic E-state index is 11.5. The molecule has 2 aromatic rings. The monoisotopic (exact) mass is 275 g/mol. The Bertz CT molecular complexity index is 609. The molecular weight excluding hydrogens is 258 g/mol. The molecule has 0 unspecified atom stereocenters. The smallest absolute Gasteiger partial charge is 0.337 e. The summed E-state index contributed by atoms with van der Waals surface area (Å²) in [6.45, 7) is 0.624. The number of anilines is 2. The lowest BCUT2D eigenvalue weighted by molar-refractivity contribution is 0.0601. The van der Waals surface area contributed by atoms with Gasteiger partial charge >= 0.3 is 5.97 Å². The van der Waals surface area contributed by atoms with E-state index >= 15 is 0 Å². The number of nitrogens with two attached hydrogens (primary N) is 1. The second-order valence-corrected chi connectivity index (χ2v) is 4.30. The van der Waals surface area contributed by atoms with Crippen molar-refractivity contribution in [1.82, 2.24) is 14.8 Å². The van der Waals surface area contributed by atoms with Crippen molar-refractivity contribution in [3.05, 3.63) is 35.9 Å². The van der Waals surface area contributed by atoms with E-state index in [2.05, 4.69) is 20.1 Å². The summed E-state index contributed by atoms with van der Waals surface area (Å²) >= 11 is 0. The van der Waals surface area contributed by atoms with Crippen molar-refractivity contribution in [3.63, 3.8) is 0 Å². The number of nitrogens with zero attached hydrogens (tertiary/aromatic N) is 3. The summed E-state index contributed by atoms with van der Waals surface area (Å²) in [6, 6.07) is 4.98. The summed E-state index contributed by atoms with van der Waals surface area (Å²) in [6.07, 6.45) is 2.32. The van der Waals surface area contributed by atoms with E-state index in [1.807, 2.05) is 7.05 Å². The molecule has 20 heavy (non-hydrogen) atoms. The summed E-state index contributed by atoms with van der Waals surface area (Å²) in [5, 5.41) is 7.35. The molecule has 2 rings (SSSR count). The number of aryl methyl sites for hydroxylation is 1. The number of aromatic nitrogens is 3. The number of carbonyl (C=O) groups excluding carboxylic acids is 1. The normalized spacial score (nSPS) is 10.3. The molecule has 0 aliphatic heterocycles. The number of hydrogen-bond donors (Lipinski definition) is 2. The predicted octanol–water partition coefficient (Wildman–Crippen LogP) is 0.838. The molecule has 7 heteroatoms. The number of esters is 1. The van der Waals surface area contributed by atoms with Crippen molar-refractivity contribution in [2.24, 2.45) is 7.05 Å². The Morgan fingerprint density at radius 1 is 1.50 bits per heavy atom. The fraction of sp³-hybridized carbons (Fsp3) is 0.308. The maximum Gasteiger partial charge on any atom is 0.337 e. The van der Waals surface area contributed by atoms with E-state index in [4.69, 9.17) is 5.73 Å². The molecule has 0 saturated heterocycles. The van der Waals surface area contributed by atoms with Crippen molar-refractivity contribution in [2.45, 2.75) is 6.42 Å². The molecule has 0 bridgehead atoms. The number of ether oxygens (including phenoxy) is 1. The van der Waals surface area contributed by atoms with Crippen molar-refractivity contribution in [2.75, 3.05) is 24.7 Å². The average molecular weight is 275 g/mol. The zero-order chi connectivity index (χ0) is 14.5. The van der Waals surface area contributed by atoms with E-state index in [1.165, 1.54) is 7.11 Å². The Kier molecular flexibility index (Phi) is 4.19. The Balaban J connectivity index is 1.99. The topological polar surface area (TPSA) is 95.1 Å². The summed E-state index contributed by atoms with van der Waals surface area (Å²) < 4.78 is 6.33. The molecule has 0 atom stereocenters. The first-order chi connectivity index (χ1) is 9.60. The van der Waals surface area contributed by atoms with Gasteiger partial charge in [0.2, 0.25) is 0 Å². The Morgan fingerprint density at radius 2 is 2.30 bits per heavy atom. The van der Waals surface area contributed by atoms with Crippen LogP contribution in [0.2, 0.25) is 0 Å². The second-order valence-electron chi connectivity index (χ2n) is 4.30. The molecule has 1 heterocycles. The summed E-state index contributed by atoms with van der Waals surface area (Å²) in [7, 11) is 3.17. The van der Waals surface area contributed by atoms with Gasteiger partial charge < -0.3 is 15.8 Å². The van der Waals surface area contributed by atoms with Gasteiger partial charge in [0.25, 0.3) is 0 Å². The molecule has 0 spiro atoms. The third-order valence-corrected chi connectivity index (χ3v) is 2.79. The summed E-state index contributed by atoms with van der Waals surface area (Å²) in [5.41, 5.74) is 7.60. The van der Waals surface area contributed by atoms with Gasteiger partial charge in [-0.2, -0.15) is 5.10 Å². The molecule has 0 aliphatic rings. The van der Waals surface area contributed by atoms with Crippen molar-refractivity contribution < 1.29 is 9.53 Å². The van der Waals surface area contributed by atoms with Crippen LogP contribution < -0.4 is 11.1 Å². The molecule has 0 aliphatic carbocycles. The van der Waals surface area contributed by atoms with Crippen LogP contribution in [0.15, 0.2) is 24.5 Å². The number of benzene rings is 1. The van der Waals surface area contributed by atoms with Crippen LogP contribution in [0, 0.1) is 0 Å². The fourth-order valence-corrected chi connectivity index (χ4v) is 1.76. The number of nitrogen functional groups attached to an aromatic ring is 1. The minimum Gasteiger partial charge on any atom is -0.465 e. The van der Waals surface area contributed by atoms with Gasteiger partial charge in [0.05, 0.1) is 24.0 Å². The number of hydrogen-bond acceptors (Lipinski definition) is 6. The highest BCUT2D eigenvalue weighted by Crippen LogP contribution is 2.20. The van der Waals surface area contributed by atoms with Crippen molar-refractivity contribution >= 4 is 17.3 Å². The Hall–Kier alpha value is -2.57. The summed E-state index contributed by atoms with van der Waals surface area (Å²) in [5.74, 6) is 0.363. The zero-order valence-corrected chi connectivity index (χ0v) is 11.5. The second kappa shape index (κ2) is 6.05. The zero-order valence-electron chi connectivity index (χ0n) is 11.5. The Labute approximate surface area is 116 Å². The lowest BCUT2D eigenvalue weighted by Crippen LogP contribution is -2.10. The van der Waals surface area contributed by atoms with Crippen LogP contribution in [0.4, 0.5) is 11.4 Å². The van der Waals surface area contributed by atoms with Gasteiger partial charge in [0, 0.05) is 20.0 Å². The van der Waals surface area contributed by atoms with Crippen LogP contribution in [-0.2, 0) is 18.2 Å². The molecule has 1 aromatic carbocycles. The van der Waals surface area contributed by atoms with E-state index in [9.17, 15) is 4.79 Å². The highest BCUT2D eigenvalue weighted by atomic mass is 16.5. The molecular formula is C13H17N5O2. The summed E-state index contributed by atoms with van der Waals surface area (Å²) in [4.78, 5) is 15.6. The van der Waals surface area contributed by atoms with Gasteiger partial charge in [-0.1, -0.05) is 0 Å². The van der Waals surface area contributed by atoms with Crippen LogP contribution >= 0.6 is 0 Å². The minimum atomic E-state index is -0.389. The minimum absolute atomic E-state index is 0.389. The van der Waals surface area contributed by atoms with Crippen LogP contribution in [0.25, 0.3) is 0 Å². The van der Waals surface area contributed by atoms with Crippen LogP contribution in [0.3, 0.4) is 0 Å². The van der Waals surface area contributed by atoms with Crippen molar-refractivity contribution in [3.8, 4) is 0 Å². The molecule has 1 aromatic heterocycles. The molecule has 0 fully saturated rings. The molecule has 0 amide bonds. The SMILES string of the molecule is COC(=O)c1ccc(N)c(NCCc2ncn(C)n2)c1. The number of methoxy groups -OCH3 is 1. The van der Waals surface area contributed by atoms with E-state index < -0.39 is 0 Å². The van der Waals surface area contributed by atoms with E-state index in [-0.39, 0.29) is 5.97 Å². The van der Waals surface area contributed by atoms with E-state index in [0.29, 0.717) is 29.9 Å². The lowest BCUT2D eigenvalue weighted by atomic mass is 10.1. The highest BCUT2D eigenvalue weighted by molar-refractivity contribution is 5.91. The molecule has 3 N–H and O–H groups in total. The predicted molar refractivity (Wildman–Crippen MR) is 75.4 cm³/mol.